The molecule has 0 aliphatic rings. The Balaban J connectivity index is 4.37. The summed E-state index contributed by atoms with van der Waals surface area (Å²) in [6.45, 7) is 15.3. The van der Waals surface area contributed by atoms with Crippen molar-refractivity contribution in [1.82, 2.24) is 0 Å². The molecule has 0 aromatic heterocycles. The van der Waals surface area contributed by atoms with Gasteiger partial charge in [-0.25, -0.2) is 4.79 Å². The van der Waals surface area contributed by atoms with Gasteiger partial charge in [-0.3, -0.25) is 0 Å². The summed E-state index contributed by atoms with van der Waals surface area (Å²) in [7, 11) is -1.22. The van der Waals surface area contributed by atoms with Gasteiger partial charge in [0.05, 0.1) is 6.61 Å². The summed E-state index contributed by atoms with van der Waals surface area (Å²) in [5, 5.41) is 0. The van der Waals surface area contributed by atoms with Crippen LogP contribution in [-0.2, 0) is 14.0 Å². The van der Waals surface area contributed by atoms with Gasteiger partial charge in [-0.05, 0) is 44.2 Å². The fourth-order valence-corrected chi connectivity index (χ4v) is 2.54. The molecule has 0 bridgehead atoms. The van der Waals surface area contributed by atoms with Crippen molar-refractivity contribution in [3.63, 3.8) is 0 Å². The van der Waals surface area contributed by atoms with Crippen LogP contribution in [0.4, 0.5) is 0 Å². The van der Waals surface area contributed by atoms with E-state index in [4.69, 9.17) is 9.16 Å². The van der Waals surface area contributed by atoms with Crippen LogP contribution in [0.1, 0.15) is 47.5 Å². The lowest BCUT2D eigenvalue weighted by Crippen LogP contribution is -2.32. The van der Waals surface area contributed by atoms with E-state index in [0.29, 0.717) is 12.5 Å². The Kier molecular flexibility index (Phi) is 7.79. The molecule has 0 amide bonds. The molecule has 0 aromatic rings. The van der Waals surface area contributed by atoms with Crippen LogP contribution in [0.25, 0.3) is 0 Å². The molecule has 0 saturated carbocycles. The third-order valence-corrected chi connectivity index (χ3v) is 4.20. The van der Waals surface area contributed by atoms with Crippen molar-refractivity contribution in [2.24, 2.45) is 11.3 Å². The molecule has 0 fully saturated rings. The minimum Gasteiger partial charge on any atom is -0.464 e. The summed E-state index contributed by atoms with van der Waals surface area (Å²) in [5.41, 5.74) is 0.272. The van der Waals surface area contributed by atoms with Crippen molar-refractivity contribution < 1.29 is 14.0 Å². The Morgan fingerprint density at radius 3 is 2.17 bits per heavy atom. The fourth-order valence-electron chi connectivity index (χ4n) is 1.64. The lowest BCUT2D eigenvalue weighted by atomic mass is 9.79. The minimum atomic E-state index is -1.22. The van der Waals surface area contributed by atoms with Crippen LogP contribution >= 0.6 is 0 Å². The number of ether oxygens (including phenoxy) is 1. The number of rotatable bonds is 7. The van der Waals surface area contributed by atoms with E-state index in [1.807, 2.05) is 6.92 Å². The zero-order chi connectivity index (χ0) is 14.3. The third kappa shape index (κ3) is 7.16. The van der Waals surface area contributed by atoms with Gasteiger partial charge < -0.3 is 9.16 Å². The van der Waals surface area contributed by atoms with Crippen molar-refractivity contribution in [2.45, 2.75) is 66.7 Å². The first-order valence-corrected chi connectivity index (χ1v) is 9.78. The molecule has 0 spiro atoms. The average molecular weight is 274 g/mol. The number of hydrogen-bond donors (Lipinski definition) is 0. The van der Waals surface area contributed by atoms with Crippen LogP contribution in [0.2, 0.25) is 13.1 Å². The van der Waals surface area contributed by atoms with Crippen LogP contribution in [-0.4, -0.2) is 27.7 Å². The maximum Gasteiger partial charge on any atom is 0.333 e. The van der Waals surface area contributed by atoms with Gasteiger partial charge in [-0.15, -0.1) is 0 Å². The molecule has 0 aliphatic heterocycles. The SMILES string of the molecule is CCOC(=O)C(CCC(C)C(C)(C)C)O[SiH](C)C. The largest absolute Gasteiger partial charge is 0.464 e. The third-order valence-electron chi connectivity index (χ3n) is 3.33. The normalized spacial score (nSPS) is 15.6. The summed E-state index contributed by atoms with van der Waals surface area (Å²) >= 11 is 0. The predicted octanol–water partition coefficient (Wildman–Crippen LogP) is 3.38. The molecular weight excluding hydrogens is 244 g/mol. The van der Waals surface area contributed by atoms with E-state index in [9.17, 15) is 4.79 Å². The Hall–Kier alpha value is -0.353. The van der Waals surface area contributed by atoms with Crippen molar-refractivity contribution in [3.05, 3.63) is 0 Å². The maximum absolute atomic E-state index is 11.8. The van der Waals surface area contributed by atoms with Crippen LogP contribution in [0.5, 0.6) is 0 Å². The zero-order valence-corrected chi connectivity index (χ0v) is 14.2. The van der Waals surface area contributed by atoms with Crippen molar-refractivity contribution in [3.8, 4) is 0 Å². The van der Waals surface area contributed by atoms with E-state index in [0.717, 1.165) is 12.8 Å². The average Bonchev–Trinajstić information content (AvgIpc) is 2.22. The van der Waals surface area contributed by atoms with E-state index in [1.54, 1.807) is 0 Å². The molecule has 0 aromatic carbocycles. The molecule has 3 nitrogen and oxygen atoms in total. The highest BCUT2D eigenvalue weighted by Gasteiger charge is 2.26. The fraction of sp³-hybridized carbons (Fsp3) is 0.929. The van der Waals surface area contributed by atoms with E-state index in [2.05, 4.69) is 40.8 Å². The second kappa shape index (κ2) is 7.95. The summed E-state index contributed by atoms with van der Waals surface area (Å²) in [6, 6.07) is 0. The first-order valence-electron chi connectivity index (χ1n) is 7.00. The highest BCUT2D eigenvalue weighted by atomic mass is 28.3. The minimum absolute atomic E-state index is 0.195. The molecule has 0 rings (SSSR count). The Morgan fingerprint density at radius 1 is 1.22 bits per heavy atom. The lowest BCUT2D eigenvalue weighted by molar-refractivity contribution is -0.152. The van der Waals surface area contributed by atoms with E-state index >= 15 is 0 Å². The lowest BCUT2D eigenvalue weighted by Gasteiger charge is -2.28. The molecule has 0 radical (unpaired) electrons. The standard InChI is InChI=1S/C14H30O3Si/c1-8-16-13(15)12(17-18(6)7)10-9-11(2)14(3,4)5/h11-12,18H,8-10H2,1-7H3. The van der Waals surface area contributed by atoms with Gasteiger partial charge >= 0.3 is 5.97 Å². The van der Waals surface area contributed by atoms with Crippen LogP contribution < -0.4 is 0 Å². The predicted molar refractivity (Wildman–Crippen MR) is 78.2 cm³/mol. The highest BCUT2D eigenvalue weighted by Crippen LogP contribution is 2.29. The quantitative estimate of drug-likeness (QED) is 0.527. The molecule has 0 N–H and O–H groups in total. The molecule has 4 heteroatoms. The van der Waals surface area contributed by atoms with Crippen molar-refractivity contribution in [2.75, 3.05) is 6.61 Å². The van der Waals surface area contributed by atoms with Gasteiger partial charge in [0.2, 0.25) is 0 Å². The second-order valence-electron chi connectivity index (χ2n) is 6.27. The summed E-state index contributed by atoms with van der Waals surface area (Å²) < 4.78 is 10.9. The molecule has 108 valence electrons. The van der Waals surface area contributed by atoms with Gasteiger partial charge in [-0.1, -0.05) is 27.7 Å². The molecule has 0 heterocycles. The molecule has 18 heavy (non-hydrogen) atoms. The van der Waals surface area contributed by atoms with E-state index in [-0.39, 0.29) is 17.5 Å². The Bertz CT molecular complexity index is 246. The molecule has 2 unspecified atom stereocenters. The smallest absolute Gasteiger partial charge is 0.333 e. The van der Waals surface area contributed by atoms with Crippen LogP contribution in [0.3, 0.4) is 0 Å². The van der Waals surface area contributed by atoms with Crippen molar-refractivity contribution in [1.29, 1.82) is 0 Å². The summed E-state index contributed by atoms with van der Waals surface area (Å²) in [4.78, 5) is 11.8. The number of hydrogen-bond acceptors (Lipinski definition) is 3. The molecular formula is C14H30O3Si. The highest BCUT2D eigenvalue weighted by molar-refractivity contribution is 6.48. The summed E-state index contributed by atoms with van der Waals surface area (Å²) in [5.74, 6) is 0.367. The van der Waals surface area contributed by atoms with Crippen LogP contribution in [0.15, 0.2) is 0 Å². The number of carbonyl (C=O) groups excluding carboxylic acids is 1. The summed E-state index contributed by atoms with van der Waals surface area (Å²) in [6.07, 6.45) is 1.40. The van der Waals surface area contributed by atoms with Gasteiger partial charge in [0.25, 0.3) is 0 Å². The van der Waals surface area contributed by atoms with Gasteiger partial charge in [0.15, 0.2) is 9.04 Å². The first-order chi connectivity index (χ1) is 8.18. The van der Waals surface area contributed by atoms with Crippen molar-refractivity contribution >= 4 is 15.0 Å². The number of carbonyl (C=O) groups is 1. The van der Waals surface area contributed by atoms with Gasteiger partial charge in [0.1, 0.15) is 6.10 Å². The Labute approximate surface area is 114 Å². The molecule has 0 saturated heterocycles. The molecule has 0 aliphatic carbocycles. The van der Waals surface area contributed by atoms with Gasteiger partial charge in [-0.2, -0.15) is 0 Å². The second-order valence-corrected chi connectivity index (χ2v) is 8.64. The zero-order valence-electron chi connectivity index (χ0n) is 13.1. The topological polar surface area (TPSA) is 35.5 Å². The number of esters is 1. The van der Waals surface area contributed by atoms with Gasteiger partial charge in [0, 0.05) is 0 Å². The molecule has 2 atom stereocenters. The monoisotopic (exact) mass is 274 g/mol. The maximum atomic E-state index is 11.8. The van der Waals surface area contributed by atoms with E-state index < -0.39 is 9.04 Å². The Morgan fingerprint density at radius 2 is 1.78 bits per heavy atom. The van der Waals surface area contributed by atoms with Crippen LogP contribution in [0, 0.1) is 11.3 Å². The first kappa shape index (κ1) is 17.6. The van der Waals surface area contributed by atoms with E-state index in [1.165, 1.54) is 0 Å².